The van der Waals surface area contributed by atoms with Gasteiger partial charge in [-0.1, -0.05) is 0 Å². The van der Waals surface area contributed by atoms with E-state index in [9.17, 15) is 18.0 Å². The summed E-state index contributed by atoms with van der Waals surface area (Å²) in [6.45, 7) is 2.97. The van der Waals surface area contributed by atoms with Crippen LogP contribution in [0.15, 0.2) is 18.2 Å². The van der Waals surface area contributed by atoms with Crippen molar-refractivity contribution in [1.29, 1.82) is 0 Å². The largest absolute Gasteiger partial charge is 0.496 e. The first-order valence-corrected chi connectivity index (χ1v) is 10.6. The molecule has 1 heterocycles. The molecule has 1 aromatic carbocycles. The average Bonchev–Trinajstić information content (AvgIpc) is 2.66. The first kappa shape index (κ1) is 21.0. The van der Waals surface area contributed by atoms with Gasteiger partial charge >= 0.3 is 5.97 Å². The van der Waals surface area contributed by atoms with E-state index >= 15 is 0 Å². The van der Waals surface area contributed by atoms with Crippen LogP contribution in [0.25, 0.3) is 0 Å². The third-order valence-corrected chi connectivity index (χ3v) is 5.88. The van der Waals surface area contributed by atoms with Crippen LogP contribution in [0.4, 0.5) is 5.69 Å². The Labute approximate surface area is 160 Å². The van der Waals surface area contributed by atoms with Crippen LogP contribution in [0.2, 0.25) is 0 Å². The molecule has 0 unspecified atom stereocenters. The highest BCUT2D eigenvalue weighted by Crippen LogP contribution is 2.28. The lowest BCUT2D eigenvalue weighted by Gasteiger charge is -2.31. The van der Waals surface area contributed by atoms with Gasteiger partial charge in [-0.15, -0.1) is 0 Å². The minimum atomic E-state index is -3.45. The normalized spacial score (nSPS) is 15.3. The van der Waals surface area contributed by atoms with Crippen molar-refractivity contribution in [3.63, 3.8) is 0 Å². The van der Waals surface area contributed by atoms with E-state index in [0.717, 1.165) is 10.6 Å². The van der Waals surface area contributed by atoms with E-state index < -0.39 is 10.0 Å². The van der Waals surface area contributed by atoms with Crippen LogP contribution in [-0.4, -0.2) is 65.3 Å². The number of carbonyl (C=O) groups excluding carboxylic acids is 2. The lowest BCUT2D eigenvalue weighted by Crippen LogP contribution is -2.40. The minimum Gasteiger partial charge on any atom is -0.496 e. The topological polar surface area (TPSA) is 93.2 Å². The van der Waals surface area contributed by atoms with Crippen LogP contribution < -0.4 is 9.04 Å². The SMILES string of the molecule is CCOC(=O)C1CCN(C(=O)c2cc(N(C)S(C)(=O)=O)ccc2OC)CC1. The third kappa shape index (κ3) is 4.91. The van der Waals surface area contributed by atoms with Gasteiger partial charge in [-0.25, -0.2) is 8.42 Å². The number of carbonyl (C=O) groups is 2. The Kier molecular flexibility index (Phi) is 6.69. The molecule has 0 aromatic heterocycles. The van der Waals surface area contributed by atoms with Crippen LogP contribution in [0.1, 0.15) is 30.1 Å². The number of likely N-dealkylation sites (tertiary alicyclic amines) is 1. The maximum absolute atomic E-state index is 13.0. The van der Waals surface area contributed by atoms with E-state index in [0.29, 0.717) is 49.5 Å². The van der Waals surface area contributed by atoms with Gasteiger partial charge in [0, 0.05) is 20.1 Å². The quantitative estimate of drug-likeness (QED) is 0.675. The number of methoxy groups -OCH3 is 1. The summed E-state index contributed by atoms with van der Waals surface area (Å²) in [5.74, 6) is -0.298. The Hall–Kier alpha value is -2.29. The summed E-state index contributed by atoms with van der Waals surface area (Å²) in [5, 5.41) is 0. The second-order valence-electron chi connectivity index (χ2n) is 6.43. The Morgan fingerprint density at radius 2 is 1.89 bits per heavy atom. The molecular formula is C18H26N2O6S. The maximum Gasteiger partial charge on any atom is 0.309 e. The molecule has 1 saturated heterocycles. The summed E-state index contributed by atoms with van der Waals surface area (Å²) < 4.78 is 35.0. The maximum atomic E-state index is 13.0. The molecule has 0 atom stereocenters. The molecule has 150 valence electrons. The third-order valence-electron chi connectivity index (χ3n) is 4.68. The molecule has 2 rings (SSSR count). The highest BCUT2D eigenvalue weighted by atomic mass is 32.2. The van der Waals surface area contributed by atoms with Gasteiger partial charge in [0.15, 0.2) is 0 Å². The van der Waals surface area contributed by atoms with Gasteiger partial charge in [-0.05, 0) is 38.0 Å². The Balaban J connectivity index is 2.19. The van der Waals surface area contributed by atoms with Gasteiger partial charge in [-0.2, -0.15) is 0 Å². The molecular weight excluding hydrogens is 372 g/mol. The van der Waals surface area contributed by atoms with Crippen molar-refractivity contribution in [3.8, 4) is 5.75 Å². The predicted octanol–water partition coefficient (Wildman–Crippen LogP) is 1.51. The Morgan fingerprint density at radius 1 is 1.26 bits per heavy atom. The number of amides is 1. The zero-order valence-corrected chi connectivity index (χ0v) is 16.9. The van der Waals surface area contributed by atoms with E-state index in [1.165, 1.54) is 20.2 Å². The average molecular weight is 398 g/mol. The van der Waals surface area contributed by atoms with E-state index in [-0.39, 0.29) is 17.8 Å². The lowest BCUT2D eigenvalue weighted by molar-refractivity contribution is -0.149. The number of benzene rings is 1. The van der Waals surface area contributed by atoms with E-state index in [1.807, 2.05) is 0 Å². The number of rotatable bonds is 6. The predicted molar refractivity (Wildman–Crippen MR) is 102 cm³/mol. The molecule has 8 nitrogen and oxygen atoms in total. The summed E-state index contributed by atoms with van der Waals surface area (Å²) in [6.07, 6.45) is 2.17. The van der Waals surface area contributed by atoms with E-state index in [4.69, 9.17) is 9.47 Å². The summed E-state index contributed by atoms with van der Waals surface area (Å²) >= 11 is 0. The zero-order chi connectivity index (χ0) is 20.2. The monoisotopic (exact) mass is 398 g/mol. The Morgan fingerprint density at radius 3 is 2.41 bits per heavy atom. The minimum absolute atomic E-state index is 0.196. The fourth-order valence-corrected chi connectivity index (χ4v) is 3.50. The molecule has 1 aliphatic rings. The number of hydrogen-bond donors (Lipinski definition) is 0. The highest BCUT2D eigenvalue weighted by Gasteiger charge is 2.30. The number of ether oxygens (including phenoxy) is 2. The number of hydrogen-bond acceptors (Lipinski definition) is 6. The fraction of sp³-hybridized carbons (Fsp3) is 0.556. The molecule has 0 spiro atoms. The van der Waals surface area contributed by atoms with Gasteiger partial charge in [0.25, 0.3) is 5.91 Å². The number of nitrogens with zero attached hydrogens (tertiary/aromatic N) is 2. The van der Waals surface area contributed by atoms with Crippen LogP contribution in [0.5, 0.6) is 5.75 Å². The molecule has 0 aliphatic carbocycles. The summed E-state index contributed by atoms with van der Waals surface area (Å²) in [4.78, 5) is 26.5. The number of piperidine rings is 1. The lowest BCUT2D eigenvalue weighted by atomic mass is 9.96. The molecule has 0 radical (unpaired) electrons. The molecule has 9 heteroatoms. The molecule has 27 heavy (non-hydrogen) atoms. The number of sulfonamides is 1. The van der Waals surface area contributed by atoms with E-state index in [1.54, 1.807) is 24.0 Å². The highest BCUT2D eigenvalue weighted by molar-refractivity contribution is 7.92. The molecule has 1 amide bonds. The first-order valence-electron chi connectivity index (χ1n) is 8.76. The molecule has 1 fully saturated rings. The molecule has 1 aliphatic heterocycles. The second-order valence-corrected chi connectivity index (χ2v) is 8.45. The number of esters is 1. The van der Waals surface area contributed by atoms with Gasteiger partial charge in [0.1, 0.15) is 5.75 Å². The van der Waals surface area contributed by atoms with Crippen LogP contribution in [0.3, 0.4) is 0 Å². The molecule has 0 N–H and O–H groups in total. The Bertz CT molecular complexity index is 800. The van der Waals surface area contributed by atoms with Gasteiger partial charge < -0.3 is 14.4 Å². The number of anilines is 1. The van der Waals surface area contributed by atoms with Crippen molar-refractivity contribution in [1.82, 2.24) is 4.90 Å². The first-order chi connectivity index (χ1) is 12.7. The second kappa shape index (κ2) is 8.60. The van der Waals surface area contributed by atoms with Gasteiger partial charge in [0.2, 0.25) is 10.0 Å². The van der Waals surface area contributed by atoms with Crippen LogP contribution >= 0.6 is 0 Å². The van der Waals surface area contributed by atoms with Crippen molar-refractivity contribution in [2.75, 3.05) is 44.4 Å². The van der Waals surface area contributed by atoms with Crippen molar-refractivity contribution in [3.05, 3.63) is 23.8 Å². The summed E-state index contributed by atoms with van der Waals surface area (Å²) in [6, 6.07) is 4.68. The molecule has 0 bridgehead atoms. The van der Waals surface area contributed by atoms with Crippen molar-refractivity contribution >= 4 is 27.6 Å². The van der Waals surface area contributed by atoms with Crippen molar-refractivity contribution < 1.29 is 27.5 Å². The zero-order valence-electron chi connectivity index (χ0n) is 16.1. The standard InChI is InChI=1S/C18H26N2O6S/c1-5-26-18(22)13-8-10-20(11-9-13)17(21)15-12-14(6-7-16(15)25-3)19(2)27(4,23)24/h6-7,12-13H,5,8-11H2,1-4H3. The smallest absolute Gasteiger partial charge is 0.309 e. The van der Waals surface area contributed by atoms with Crippen molar-refractivity contribution in [2.24, 2.45) is 5.92 Å². The van der Waals surface area contributed by atoms with Crippen LogP contribution in [0, 0.1) is 5.92 Å². The molecule has 0 saturated carbocycles. The summed E-state index contributed by atoms with van der Waals surface area (Å²) in [7, 11) is -0.565. The molecule has 1 aromatic rings. The fourth-order valence-electron chi connectivity index (χ4n) is 3.00. The van der Waals surface area contributed by atoms with Gasteiger partial charge in [-0.3, -0.25) is 13.9 Å². The summed E-state index contributed by atoms with van der Waals surface area (Å²) in [5.41, 5.74) is 0.670. The van der Waals surface area contributed by atoms with Crippen molar-refractivity contribution in [2.45, 2.75) is 19.8 Å². The van der Waals surface area contributed by atoms with E-state index in [2.05, 4.69) is 0 Å². The van der Waals surface area contributed by atoms with Gasteiger partial charge in [0.05, 0.1) is 37.1 Å². The van der Waals surface area contributed by atoms with Crippen LogP contribution in [-0.2, 0) is 19.6 Å².